The Balaban J connectivity index is 2.52. The van der Waals surface area contributed by atoms with Crippen molar-refractivity contribution in [3.63, 3.8) is 0 Å². The molecular formula is C11H11BFNO2. The summed E-state index contributed by atoms with van der Waals surface area (Å²) < 4.78 is 19.2. The number of hydrogen-bond donors (Lipinski definition) is 1. The van der Waals surface area contributed by atoms with Crippen molar-refractivity contribution in [2.45, 2.75) is 25.8 Å². The molecule has 5 heteroatoms. The number of carbonyl (C=O) groups excluding carboxylic acids is 1. The van der Waals surface area contributed by atoms with Crippen LogP contribution in [0.25, 0.3) is 0 Å². The van der Waals surface area contributed by atoms with Gasteiger partial charge in [-0.05, 0) is 25.5 Å². The topological polar surface area (TPSA) is 38.3 Å². The highest BCUT2D eigenvalue weighted by molar-refractivity contribution is 6.08. The summed E-state index contributed by atoms with van der Waals surface area (Å²) in [5, 5.41) is 2.50. The molecule has 1 N–H and O–H groups in total. The van der Waals surface area contributed by atoms with Crippen LogP contribution in [0.2, 0.25) is 0 Å². The molecule has 1 aromatic carbocycles. The van der Waals surface area contributed by atoms with Crippen molar-refractivity contribution in [2.24, 2.45) is 0 Å². The van der Waals surface area contributed by atoms with Crippen LogP contribution in [0.5, 0.6) is 5.75 Å². The molecule has 0 spiro atoms. The van der Waals surface area contributed by atoms with E-state index in [9.17, 15) is 9.18 Å². The van der Waals surface area contributed by atoms with Crippen LogP contribution >= 0.6 is 0 Å². The summed E-state index contributed by atoms with van der Waals surface area (Å²) >= 11 is 0. The van der Waals surface area contributed by atoms with E-state index in [-0.39, 0.29) is 17.9 Å². The van der Waals surface area contributed by atoms with E-state index in [1.54, 1.807) is 26.0 Å². The summed E-state index contributed by atoms with van der Waals surface area (Å²) in [4.78, 5) is 11.6. The first-order chi connectivity index (χ1) is 7.45. The number of fused-ring (bicyclic) bond motifs is 1. The molecule has 0 aliphatic carbocycles. The van der Waals surface area contributed by atoms with Crippen LogP contribution in [0.3, 0.4) is 0 Å². The summed E-state index contributed by atoms with van der Waals surface area (Å²) in [6.07, 6.45) is 0.0817. The molecular weight excluding hydrogens is 208 g/mol. The van der Waals surface area contributed by atoms with E-state index in [1.165, 1.54) is 0 Å². The molecule has 0 atom stereocenters. The van der Waals surface area contributed by atoms with Crippen LogP contribution in [0.4, 0.5) is 10.1 Å². The first-order valence-electron chi connectivity index (χ1n) is 4.97. The number of ether oxygens (including phenoxy) is 1. The van der Waals surface area contributed by atoms with Gasteiger partial charge in [0.2, 0.25) is 0 Å². The number of anilines is 1. The molecule has 1 aliphatic rings. The van der Waals surface area contributed by atoms with E-state index < -0.39 is 11.4 Å². The van der Waals surface area contributed by atoms with Crippen molar-refractivity contribution in [3.05, 3.63) is 23.5 Å². The van der Waals surface area contributed by atoms with Gasteiger partial charge < -0.3 is 10.1 Å². The Morgan fingerprint density at radius 2 is 2.19 bits per heavy atom. The van der Waals surface area contributed by atoms with Gasteiger partial charge in [0.25, 0.3) is 5.91 Å². The zero-order chi connectivity index (χ0) is 11.9. The van der Waals surface area contributed by atoms with Gasteiger partial charge in [0, 0.05) is 0 Å². The van der Waals surface area contributed by atoms with Crippen molar-refractivity contribution < 1.29 is 13.9 Å². The molecule has 1 aliphatic heterocycles. The molecule has 1 aromatic rings. The minimum atomic E-state index is -0.982. The van der Waals surface area contributed by atoms with Crippen molar-refractivity contribution in [1.29, 1.82) is 0 Å². The highest BCUT2D eigenvalue weighted by atomic mass is 19.1. The number of nitrogens with one attached hydrogen (secondary N) is 1. The molecule has 16 heavy (non-hydrogen) atoms. The summed E-state index contributed by atoms with van der Waals surface area (Å²) in [7, 11) is 5.38. The number of benzene rings is 1. The van der Waals surface area contributed by atoms with Crippen LogP contribution in [-0.2, 0) is 11.1 Å². The minimum absolute atomic E-state index is 0.0762. The van der Waals surface area contributed by atoms with Gasteiger partial charge in [0.05, 0.1) is 7.85 Å². The molecule has 82 valence electrons. The van der Waals surface area contributed by atoms with Crippen molar-refractivity contribution >= 4 is 19.4 Å². The Bertz CT molecular complexity index is 460. The maximum atomic E-state index is 13.8. The quantitative estimate of drug-likeness (QED) is 0.728. The summed E-state index contributed by atoms with van der Waals surface area (Å²) in [6.45, 7) is 3.25. The molecule has 3 nitrogen and oxygen atoms in total. The third-order valence-electron chi connectivity index (χ3n) is 2.55. The number of halogens is 1. The second-order valence-corrected chi connectivity index (χ2v) is 4.18. The maximum Gasteiger partial charge on any atom is 0.268 e. The van der Waals surface area contributed by atoms with E-state index in [0.29, 0.717) is 11.3 Å². The third kappa shape index (κ3) is 1.56. The molecule has 0 saturated heterocycles. The Labute approximate surface area is 94.4 Å². The number of rotatable bonds is 1. The smallest absolute Gasteiger partial charge is 0.268 e. The Kier molecular flexibility index (Phi) is 2.41. The molecule has 0 unspecified atom stereocenters. The van der Waals surface area contributed by atoms with Crippen LogP contribution in [0.1, 0.15) is 19.4 Å². The highest BCUT2D eigenvalue weighted by Crippen LogP contribution is 2.36. The van der Waals surface area contributed by atoms with Crippen LogP contribution < -0.4 is 10.1 Å². The summed E-state index contributed by atoms with van der Waals surface area (Å²) in [5.74, 6) is -0.559. The van der Waals surface area contributed by atoms with Crippen LogP contribution in [0.15, 0.2) is 12.1 Å². The van der Waals surface area contributed by atoms with Crippen LogP contribution in [0, 0.1) is 5.82 Å². The minimum Gasteiger partial charge on any atom is -0.476 e. The van der Waals surface area contributed by atoms with Gasteiger partial charge in [-0.1, -0.05) is 12.4 Å². The molecule has 2 radical (unpaired) electrons. The normalized spacial score (nSPS) is 17.3. The molecule has 1 amide bonds. The fourth-order valence-corrected chi connectivity index (χ4v) is 1.55. The molecule has 1 heterocycles. The highest BCUT2D eigenvalue weighted by Gasteiger charge is 2.36. The van der Waals surface area contributed by atoms with E-state index in [0.717, 1.165) is 0 Å². The predicted octanol–water partition coefficient (Wildman–Crippen LogP) is 1.60. The second-order valence-electron chi connectivity index (χ2n) is 4.18. The number of hydrogen-bond acceptors (Lipinski definition) is 2. The lowest BCUT2D eigenvalue weighted by Gasteiger charge is -2.32. The van der Waals surface area contributed by atoms with Gasteiger partial charge in [-0.3, -0.25) is 4.79 Å². The van der Waals surface area contributed by atoms with Gasteiger partial charge in [-0.25, -0.2) is 4.39 Å². The second kappa shape index (κ2) is 3.51. The van der Waals surface area contributed by atoms with Gasteiger partial charge in [-0.2, -0.15) is 0 Å². The molecule has 0 aromatic heterocycles. The van der Waals surface area contributed by atoms with E-state index in [4.69, 9.17) is 12.6 Å². The fraction of sp³-hybridized carbons (Fsp3) is 0.364. The van der Waals surface area contributed by atoms with Crippen LogP contribution in [-0.4, -0.2) is 19.4 Å². The lowest BCUT2D eigenvalue weighted by molar-refractivity contribution is -0.129. The summed E-state index contributed by atoms with van der Waals surface area (Å²) in [5.41, 5.74) is -0.557. The predicted molar refractivity (Wildman–Crippen MR) is 59.2 cm³/mol. The fourth-order valence-electron chi connectivity index (χ4n) is 1.55. The largest absolute Gasteiger partial charge is 0.476 e. The number of carbonyl (C=O) groups is 1. The maximum absolute atomic E-state index is 13.8. The van der Waals surface area contributed by atoms with Gasteiger partial charge >= 0.3 is 0 Å². The lowest BCUT2D eigenvalue weighted by Crippen LogP contribution is -2.46. The molecule has 0 bridgehead atoms. The van der Waals surface area contributed by atoms with Crippen molar-refractivity contribution in [2.75, 3.05) is 5.32 Å². The zero-order valence-electron chi connectivity index (χ0n) is 9.13. The average molecular weight is 219 g/mol. The van der Waals surface area contributed by atoms with E-state index in [2.05, 4.69) is 5.32 Å². The Morgan fingerprint density at radius 3 is 2.81 bits per heavy atom. The zero-order valence-corrected chi connectivity index (χ0v) is 9.13. The molecule has 0 fully saturated rings. The molecule has 2 rings (SSSR count). The Hall–Kier alpha value is -1.52. The van der Waals surface area contributed by atoms with E-state index >= 15 is 0 Å². The first-order valence-corrected chi connectivity index (χ1v) is 4.97. The lowest BCUT2D eigenvalue weighted by atomic mass is 9.95. The SMILES string of the molecule is [B]Cc1ccc2c(c1F)NC(=O)C(C)(C)O2. The monoisotopic (exact) mass is 219 g/mol. The summed E-state index contributed by atoms with van der Waals surface area (Å²) in [6, 6.07) is 3.17. The third-order valence-corrected chi connectivity index (χ3v) is 2.55. The van der Waals surface area contributed by atoms with E-state index in [1.807, 2.05) is 0 Å². The van der Waals surface area contributed by atoms with Gasteiger partial charge in [-0.15, -0.1) is 0 Å². The van der Waals surface area contributed by atoms with Gasteiger partial charge in [0.1, 0.15) is 11.4 Å². The Morgan fingerprint density at radius 1 is 1.50 bits per heavy atom. The average Bonchev–Trinajstić information content (AvgIpc) is 2.21. The standard InChI is InChI=1S/C11H11BFNO2/c1-11(2)10(15)14-9-7(16-11)4-3-6(5-12)8(9)13/h3-4H,5H2,1-2H3,(H,14,15). The van der Waals surface area contributed by atoms with Gasteiger partial charge in [0.15, 0.2) is 11.4 Å². The molecule has 0 saturated carbocycles. The van der Waals surface area contributed by atoms with Crippen molar-refractivity contribution in [3.8, 4) is 5.75 Å². The van der Waals surface area contributed by atoms with Crippen molar-refractivity contribution in [1.82, 2.24) is 0 Å². The first kappa shape index (κ1) is 11.0. The number of amides is 1.